The molecule has 0 bridgehead atoms. The Balaban J connectivity index is 1.67. The highest BCUT2D eigenvalue weighted by Gasteiger charge is 2.33. The number of anilines is 1. The molecule has 2 amide bonds. The number of carbonyl (C=O) groups excluding carboxylic acids is 2. The van der Waals surface area contributed by atoms with Gasteiger partial charge in [0.15, 0.2) is 0 Å². The Hall–Kier alpha value is -3.44. The maximum atomic E-state index is 14.0. The standard InChI is InChI=1S/C30H33BrFN3O5S/c1-21(30(37)33-25-5-3-4-6-25)34(19-22-7-9-23(31)10-8-22)29(36)20-35(26-13-11-24(32)12-14-26)41(38,39)28-17-15-27(40-2)16-18-28/h7-18,21,25H,3-6,19-20H2,1-2H3,(H,33,37). The Morgan fingerprint density at radius 2 is 1.61 bits per heavy atom. The van der Waals surface area contributed by atoms with Crippen molar-refractivity contribution in [3.63, 3.8) is 0 Å². The molecule has 11 heteroatoms. The van der Waals surface area contributed by atoms with Crippen LogP contribution in [0.3, 0.4) is 0 Å². The van der Waals surface area contributed by atoms with Crippen molar-refractivity contribution in [3.05, 3.63) is 88.6 Å². The molecule has 1 N–H and O–H groups in total. The number of benzene rings is 3. The van der Waals surface area contributed by atoms with Crippen LogP contribution in [-0.4, -0.2) is 50.9 Å². The molecule has 4 rings (SSSR count). The average molecular weight is 647 g/mol. The van der Waals surface area contributed by atoms with Crippen molar-refractivity contribution in [2.75, 3.05) is 18.0 Å². The molecule has 1 fully saturated rings. The Kier molecular flexibility index (Phi) is 10.0. The molecule has 0 saturated heterocycles. The van der Waals surface area contributed by atoms with E-state index in [1.165, 1.54) is 48.4 Å². The molecule has 0 heterocycles. The number of halogens is 2. The topological polar surface area (TPSA) is 96.0 Å². The molecule has 1 saturated carbocycles. The molecule has 1 aliphatic rings. The first-order valence-electron chi connectivity index (χ1n) is 13.3. The number of nitrogens with one attached hydrogen (secondary N) is 1. The summed E-state index contributed by atoms with van der Waals surface area (Å²) < 4.78 is 48.4. The minimum atomic E-state index is -4.26. The van der Waals surface area contributed by atoms with E-state index in [4.69, 9.17) is 4.74 Å². The fourth-order valence-electron chi connectivity index (χ4n) is 4.77. The molecule has 0 aliphatic heterocycles. The predicted molar refractivity (Wildman–Crippen MR) is 158 cm³/mol. The lowest BCUT2D eigenvalue weighted by molar-refractivity contribution is -0.139. The van der Waals surface area contributed by atoms with Gasteiger partial charge in [-0.25, -0.2) is 12.8 Å². The lowest BCUT2D eigenvalue weighted by atomic mass is 10.1. The van der Waals surface area contributed by atoms with Gasteiger partial charge in [0, 0.05) is 17.1 Å². The van der Waals surface area contributed by atoms with Crippen LogP contribution >= 0.6 is 15.9 Å². The second-order valence-corrected chi connectivity index (χ2v) is 12.8. The first-order chi connectivity index (χ1) is 19.6. The average Bonchev–Trinajstić information content (AvgIpc) is 3.48. The summed E-state index contributed by atoms with van der Waals surface area (Å²) in [5.41, 5.74) is 0.885. The zero-order valence-corrected chi connectivity index (χ0v) is 25.3. The SMILES string of the molecule is COc1ccc(S(=O)(=O)N(CC(=O)N(Cc2ccc(Br)cc2)C(C)C(=O)NC2CCCC2)c2ccc(F)cc2)cc1. The molecule has 1 atom stereocenters. The third-order valence-electron chi connectivity index (χ3n) is 7.18. The zero-order chi connectivity index (χ0) is 29.6. The van der Waals surface area contributed by atoms with Crippen LogP contribution < -0.4 is 14.4 Å². The van der Waals surface area contributed by atoms with E-state index in [0.29, 0.717) is 5.75 Å². The van der Waals surface area contributed by atoms with E-state index in [0.717, 1.165) is 52.2 Å². The summed E-state index contributed by atoms with van der Waals surface area (Å²) in [6.45, 7) is 1.13. The largest absolute Gasteiger partial charge is 0.497 e. The third-order valence-corrected chi connectivity index (χ3v) is 9.49. The second-order valence-electron chi connectivity index (χ2n) is 9.98. The minimum Gasteiger partial charge on any atom is -0.497 e. The molecular weight excluding hydrogens is 613 g/mol. The maximum absolute atomic E-state index is 14.0. The van der Waals surface area contributed by atoms with Crippen molar-refractivity contribution in [2.45, 2.75) is 56.1 Å². The summed E-state index contributed by atoms with van der Waals surface area (Å²) in [6, 6.07) is 17.2. The number of hydrogen-bond acceptors (Lipinski definition) is 5. The van der Waals surface area contributed by atoms with Crippen LogP contribution in [0.2, 0.25) is 0 Å². The van der Waals surface area contributed by atoms with E-state index in [-0.39, 0.29) is 29.1 Å². The summed E-state index contributed by atoms with van der Waals surface area (Å²) in [5.74, 6) is -0.954. The van der Waals surface area contributed by atoms with Gasteiger partial charge in [-0.1, -0.05) is 40.9 Å². The molecule has 3 aromatic carbocycles. The quantitative estimate of drug-likeness (QED) is 0.307. The van der Waals surface area contributed by atoms with Gasteiger partial charge in [0.1, 0.15) is 24.2 Å². The van der Waals surface area contributed by atoms with Crippen LogP contribution in [0.5, 0.6) is 5.75 Å². The van der Waals surface area contributed by atoms with Crippen LogP contribution in [0.15, 0.2) is 82.2 Å². The van der Waals surface area contributed by atoms with Crippen molar-refractivity contribution in [1.82, 2.24) is 10.2 Å². The summed E-state index contributed by atoms with van der Waals surface area (Å²) in [5, 5.41) is 3.04. The van der Waals surface area contributed by atoms with Crippen LogP contribution in [-0.2, 0) is 26.2 Å². The molecule has 0 aromatic heterocycles. The van der Waals surface area contributed by atoms with Gasteiger partial charge >= 0.3 is 0 Å². The van der Waals surface area contributed by atoms with Gasteiger partial charge in [-0.3, -0.25) is 13.9 Å². The Labute approximate surface area is 248 Å². The molecule has 0 radical (unpaired) electrons. The van der Waals surface area contributed by atoms with Crippen LogP contribution in [0.4, 0.5) is 10.1 Å². The number of amides is 2. The summed E-state index contributed by atoms with van der Waals surface area (Å²) in [7, 11) is -2.79. The molecule has 1 aliphatic carbocycles. The third kappa shape index (κ3) is 7.65. The molecule has 1 unspecified atom stereocenters. The van der Waals surface area contributed by atoms with Crippen LogP contribution in [0, 0.1) is 5.82 Å². The first-order valence-corrected chi connectivity index (χ1v) is 15.6. The molecule has 3 aromatic rings. The van der Waals surface area contributed by atoms with Crippen molar-refractivity contribution in [2.24, 2.45) is 0 Å². The number of ether oxygens (including phenoxy) is 1. The van der Waals surface area contributed by atoms with Crippen LogP contribution in [0.1, 0.15) is 38.2 Å². The van der Waals surface area contributed by atoms with Gasteiger partial charge in [0.25, 0.3) is 10.0 Å². The smallest absolute Gasteiger partial charge is 0.264 e. The van der Waals surface area contributed by atoms with E-state index in [9.17, 15) is 22.4 Å². The summed E-state index contributed by atoms with van der Waals surface area (Å²) in [4.78, 5) is 28.5. The van der Waals surface area contributed by atoms with Gasteiger partial charge in [0.05, 0.1) is 17.7 Å². The summed E-state index contributed by atoms with van der Waals surface area (Å²) >= 11 is 3.41. The van der Waals surface area contributed by atoms with Crippen LogP contribution in [0.25, 0.3) is 0 Å². The number of sulfonamides is 1. The van der Waals surface area contributed by atoms with Gasteiger partial charge in [-0.2, -0.15) is 0 Å². The Bertz CT molecular complexity index is 1440. The zero-order valence-electron chi connectivity index (χ0n) is 22.9. The van der Waals surface area contributed by atoms with Crippen molar-refractivity contribution in [1.29, 1.82) is 0 Å². The Morgan fingerprint density at radius 1 is 1.00 bits per heavy atom. The first kappa shape index (κ1) is 30.5. The second kappa shape index (κ2) is 13.5. The fourth-order valence-corrected chi connectivity index (χ4v) is 6.45. The molecular formula is C30H33BrFN3O5S. The highest BCUT2D eigenvalue weighted by atomic mass is 79.9. The van der Waals surface area contributed by atoms with Crippen molar-refractivity contribution >= 4 is 43.5 Å². The highest BCUT2D eigenvalue weighted by molar-refractivity contribution is 9.10. The maximum Gasteiger partial charge on any atom is 0.264 e. The van der Waals surface area contributed by atoms with E-state index < -0.39 is 34.3 Å². The summed E-state index contributed by atoms with van der Waals surface area (Å²) in [6.07, 6.45) is 3.85. The van der Waals surface area contributed by atoms with Gasteiger partial charge in [-0.15, -0.1) is 0 Å². The number of hydrogen-bond donors (Lipinski definition) is 1. The van der Waals surface area contributed by atoms with Crippen molar-refractivity contribution in [3.8, 4) is 5.75 Å². The van der Waals surface area contributed by atoms with E-state index in [1.807, 2.05) is 24.3 Å². The Morgan fingerprint density at radius 3 is 2.20 bits per heavy atom. The molecule has 218 valence electrons. The normalized spacial score (nSPS) is 14.3. The number of nitrogens with zero attached hydrogens (tertiary/aromatic N) is 2. The lowest BCUT2D eigenvalue weighted by Gasteiger charge is -2.32. The predicted octanol–water partition coefficient (Wildman–Crippen LogP) is 5.27. The molecule has 0 spiro atoms. The minimum absolute atomic E-state index is 0.0562. The van der Waals surface area contributed by atoms with Gasteiger partial charge in [-0.05, 0) is 86.0 Å². The van der Waals surface area contributed by atoms with Gasteiger partial charge < -0.3 is 15.0 Å². The fraction of sp³-hybridized carbons (Fsp3) is 0.333. The van der Waals surface area contributed by atoms with E-state index in [2.05, 4.69) is 21.2 Å². The van der Waals surface area contributed by atoms with E-state index >= 15 is 0 Å². The number of carbonyl (C=O) groups is 2. The van der Waals surface area contributed by atoms with Crippen molar-refractivity contribution < 1.29 is 27.1 Å². The number of methoxy groups -OCH3 is 1. The lowest BCUT2D eigenvalue weighted by Crippen LogP contribution is -2.52. The van der Waals surface area contributed by atoms with Gasteiger partial charge in [0.2, 0.25) is 11.8 Å². The number of rotatable bonds is 11. The molecule has 8 nitrogen and oxygen atoms in total. The monoisotopic (exact) mass is 645 g/mol. The highest BCUT2D eigenvalue weighted by Crippen LogP contribution is 2.26. The molecule has 41 heavy (non-hydrogen) atoms. The van der Waals surface area contributed by atoms with E-state index in [1.54, 1.807) is 6.92 Å².